The van der Waals surface area contributed by atoms with Crippen molar-refractivity contribution in [2.45, 2.75) is 50.5 Å². The van der Waals surface area contributed by atoms with Gasteiger partial charge in [0.15, 0.2) is 5.13 Å². The normalized spacial score (nSPS) is 21.9. The van der Waals surface area contributed by atoms with E-state index in [1.165, 1.54) is 36.9 Å². The Balaban J connectivity index is 1.45. The third-order valence-corrected chi connectivity index (χ3v) is 5.55. The minimum Gasteiger partial charge on any atom is -0.314 e. The molecule has 3 heterocycles. The standard InChI is InChI=1S/C15H20N6OS/c22-15(19-14-18-11(8-23-14)10-4-3-5-10)21-7-2-1-6-12(21)13-16-9-17-20-13/h8-10,12H,1-7H2,(H,16,17,20)(H,18,19,22)/t12-/m1/s1. The average molecular weight is 332 g/mol. The fraction of sp³-hybridized carbons (Fsp3) is 0.600. The summed E-state index contributed by atoms with van der Waals surface area (Å²) in [6, 6.07) is -0.127. The number of hydrogen-bond donors (Lipinski definition) is 2. The van der Waals surface area contributed by atoms with Crippen LogP contribution in [0.25, 0.3) is 0 Å². The van der Waals surface area contributed by atoms with Gasteiger partial charge in [-0.3, -0.25) is 10.4 Å². The first kappa shape index (κ1) is 14.6. The Morgan fingerprint density at radius 1 is 1.30 bits per heavy atom. The van der Waals surface area contributed by atoms with Gasteiger partial charge in [-0.05, 0) is 32.1 Å². The number of urea groups is 1. The second-order valence-corrected chi connectivity index (χ2v) is 7.07. The largest absolute Gasteiger partial charge is 0.324 e. The van der Waals surface area contributed by atoms with Crippen molar-refractivity contribution in [1.82, 2.24) is 25.1 Å². The third kappa shape index (κ3) is 2.95. The molecule has 23 heavy (non-hydrogen) atoms. The lowest BCUT2D eigenvalue weighted by Crippen LogP contribution is -2.41. The SMILES string of the molecule is O=C(Nc1nc(C2CCC2)cs1)N1CCCC[C@@H]1c1ncn[nH]1. The van der Waals surface area contributed by atoms with Gasteiger partial charge >= 0.3 is 6.03 Å². The molecule has 2 aliphatic rings. The zero-order valence-electron chi connectivity index (χ0n) is 12.9. The maximum absolute atomic E-state index is 12.7. The molecule has 1 aliphatic heterocycles. The van der Waals surface area contributed by atoms with Crippen LogP contribution in [0.15, 0.2) is 11.7 Å². The monoisotopic (exact) mass is 332 g/mol. The molecule has 1 saturated heterocycles. The molecule has 0 spiro atoms. The van der Waals surface area contributed by atoms with E-state index < -0.39 is 0 Å². The molecule has 4 rings (SSSR count). The van der Waals surface area contributed by atoms with E-state index in [0.717, 1.165) is 37.3 Å². The molecule has 0 aromatic carbocycles. The van der Waals surface area contributed by atoms with Gasteiger partial charge in [0.2, 0.25) is 0 Å². The molecule has 0 unspecified atom stereocenters. The van der Waals surface area contributed by atoms with Gasteiger partial charge < -0.3 is 4.90 Å². The molecule has 8 heteroatoms. The van der Waals surface area contributed by atoms with Crippen LogP contribution in [0, 0.1) is 0 Å². The molecular formula is C15H20N6OS. The Morgan fingerprint density at radius 2 is 2.22 bits per heavy atom. The number of piperidine rings is 1. The molecular weight excluding hydrogens is 312 g/mol. The molecule has 2 fully saturated rings. The number of aromatic nitrogens is 4. The summed E-state index contributed by atoms with van der Waals surface area (Å²) < 4.78 is 0. The Morgan fingerprint density at radius 3 is 2.96 bits per heavy atom. The Hall–Kier alpha value is -1.96. The highest BCUT2D eigenvalue weighted by atomic mass is 32.1. The topological polar surface area (TPSA) is 86.8 Å². The molecule has 0 radical (unpaired) electrons. The van der Waals surface area contributed by atoms with Crippen molar-refractivity contribution >= 4 is 22.5 Å². The summed E-state index contributed by atoms with van der Waals surface area (Å²) in [7, 11) is 0. The van der Waals surface area contributed by atoms with Crippen molar-refractivity contribution < 1.29 is 4.79 Å². The van der Waals surface area contributed by atoms with Crippen LogP contribution < -0.4 is 5.32 Å². The predicted octanol–water partition coefficient (Wildman–Crippen LogP) is 3.29. The van der Waals surface area contributed by atoms with Crippen molar-refractivity contribution in [3.8, 4) is 0 Å². The number of hydrogen-bond acceptors (Lipinski definition) is 5. The van der Waals surface area contributed by atoms with Gasteiger partial charge in [-0.15, -0.1) is 11.3 Å². The van der Waals surface area contributed by atoms with Crippen molar-refractivity contribution in [1.29, 1.82) is 0 Å². The van der Waals surface area contributed by atoms with Crippen LogP contribution >= 0.6 is 11.3 Å². The molecule has 2 aromatic rings. The first-order valence-electron chi connectivity index (χ1n) is 8.19. The number of aromatic amines is 1. The van der Waals surface area contributed by atoms with Gasteiger partial charge in [0.25, 0.3) is 0 Å². The van der Waals surface area contributed by atoms with Gasteiger partial charge in [0.1, 0.15) is 12.2 Å². The van der Waals surface area contributed by atoms with Gasteiger partial charge in [-0.2, -0.15) is 5.10 Å². The highest BCUT2D eigenvalue weighted by Gasteiger charge is 2.30. The minimum absolute atomic E-state index is 0.0303. The van der Waals surface area contributed by atoms with E-state index >= 15 is 0 Å². The van der Waals surface area contributed by atoms with Gasteiger partial charge in [0, 0.05) is 17.8 Å². The lowest BCUT2D eigenvalue weighted by atomic mass is 9.83. The number of likely N-dealkylation sites (tertiary alicyclic amines) is 1. The van der Waals surface area contributed by atoms with Crippen molar-refractivity contribution in [2.24, 2.45) is 0 Å². The predicted molar refractivity (Wildman–Crippen MR) is 87.4 cm³/mol. The summed E-state index contributed by atoms with van der Waals surface area (Å²) in [5.41, 5.74) is 1.13. The van der Waals surface area contributed by atoms with Crippen LogP contribution in [0.2, 0.25) is 0 Å². The number of rotatable bonds is 3. The van der Waals surface area contributed by atoms with E-state index in [2.05, 4.69) is 30.9 Å². The first-order valence-corrected chi connectivity index (χ1v) is 9.07. The van der Waals surface area contributed by atoms with E-state index in [4.69, 9.17) is 0 Å². The van der Waals surface area contributed by atoms with E-state index in [1.807, 2.05) is 4.90 Å². The number of amides is 2. The van der Waals surface area contributed by atoms with Crippen LogP contribution in [0.3, 0.4) is 0 Å². The smallest absolute Gasteiger partial charge is 0.314 e. The highest BCUT2D eigenvalue weighted by Crippen LogP contribution is 2.37. The molecule has 7 nitrogen and oxygen atoms in total. The fourth-order valence-corrected chi connectivity index (χ4v) is 4.01. The van der Waals surface area contributed by atoms with E-state index in [1.54, 1.807) is 0 Å². The Kier molecular flexibility index (Phi) is 3.99. The Labute approximate surface area is 138 Å². The van der Waals surface area contributed by atoms with Crippen molar-refractivity contribution in [2.75, 3.05) is 11.9 Å². The summed E-state index contributed by atoms with van der Waals surface area (Å²) in [6.45, 7) is 0.734. The second kappa shape index (κ2) is 6.27. The summed E-state index contributed by atoms with van der Waals surface area (Å²) >= 11 is 1.51. The van der Waals surface area contributed by atoms with E-state index in [9.17, 15) is 4.79 Å². The van der Waals surface area contributed by atoms with Gasteiger partial charge in [-0.1, -0.05) is 6.42 Å². The lowest BCUT2D eigenvalue weighted by molar-refractivity contribution is 0.159. The maximum Gasteiger partial charge on any atom is 0.324 e. The lowest BCUT2D eigenvalue weighted by Gasteiger charge is -2.33. The maximum atomic E-state index is 12.7. The number of carbonyl (C=O) groups is 1. The third-order valence-electron chi connectivity index (χ3n) is 4.77. The van der Waals surface area contributed by atoms with Gasteiger partial charge in [-0.25, -0.2) is 14.8 Å². The molecule has 1 atom stereocenters. The molecule has 2 aromatic heterocycles. The molecule has 122 valence electrons. The summed E-state index contributed by atoms with van der Waals surface area (Å²) in [5, 5.41) is 12.5. The number of nitrogens with zero attached hydrogens (tertiary/aromatic N) is 4. The highest BCUT2D eigenvalue weighted by molar-refractivity contribution is 7.13. The average Bonchev–Trinajstić information content (AvgIpc) is 3.17. The molecule has 1 aliphatic carbocycles. The van der Waals surface area contributed by atoms with Crippen LogP contribution in [0.4, 0.5) is 9.93 Å². The zero-order valence-corrected chi connectivity index (χ0v) is 13.7. The second-order valence-electron chi connectivity index (χ2n) is 6.21. The molecule has 2 amide bonds. The first-order chi connectivity index (χ1) is 11.3. The minimum atomic E-state index is -0.0967. The van der Waals surface area contributed by atoms with Crippen LogP contribution in [-0.2, 0) is 0 Å². The number of thiazole rings is 1. The number of anilines is 1. The quantitative estimate of drug-likeness (QED) is 0.903. The number of nitrogens with one attached hydrogen (secondary N) is 2. The van der Waals surface area contributed by atoms with Crippen LogP contribution in [-0.4, -0.2) is 37.6 Å². The van der Waals surface area contributed by atoms with E-state index in [0.29, 0.717) is 11.0 Å². The summed E-state index contributed by atoms with van der Waals surface area (Å²) in [6.07, 6.45) is 8.24. The molecule has 0 bridgehead atoms. The van der Waals surface area contributed by atoms with Crippen molar-refractivity contribution in [3.05, 3.63) is 23.2 Å². The fourth-order valence-electron chi connectivity index (χ4n) is 3.23. The van der Waals surface area contributed by atoms with Gasteiger partial charge in [0.05, 0.1) is 11.7 Å². The van der Waals surface area contributed by atoms with Crippen LogP contribution in [0.5, 0.6) is 0 Å². The summed E-state index contributed by atoms with van der Waals surface area (Å²) in [5.74, 6) is 1.35. The number of H-pyrrole nitrogens is 1. The Bertz CT molecular complexity index is 665. The van der Waals surface area contributed by atoms with Crippen LogP contribution in [0.1, 0.15) is 62.0 Å². The number of carbonyl (C=O) groups excluding carboxylic acids is 1. The molecule has 1 saturated carbocycles. The molecule has 2 N–H and O–H groups in total. The van der Waals surface area contributed by atoms with Crippen molar-refractivity contribution in [3.63, 3.8) is 0 Å². The summed E-state index contributed by atoms with van der Waals surface area (Å²) in [4.78, 5) is 23.3. The zero-order chi connectivity index (χ0) is 15.6. The van der Waals surface area contributed by atoms with E-state index in [-0.39, 0.29) is 12.1 Å².